The molecule has 0 spiro atoms. The Morgan fingerprint density at radius 1 is 1.08 bits per heavy atom. The summed E-state index contributed by atoms with van der Waals surface area (Å²) in [7, 11) is 1.67. The number of hydrogen-bond donors (Lipinski definition) is 0. The molecule has 2 aromatic rings. The van der Waals surface area contributed by atoms with Crippen molar-refractivity contribution in [2.45, 2.75) is 39.7 Å². The van der Waals surface area contributed by atoms with Gasteiger partial charge in [-0.3, -0.25) is 4.79 Å². The third-order valence-corrected chi connectivity index (χ3v) is 4.86. The van der Waals surface area contributed by atoms with Crippen LogP contribution in [0.4, 0.5) is 0 Å². The summed E-state index contributed by atoms with van der Waals surface area (Å²) in [6.07, 6.45) is 0.920. The third-order valence-electron chi connectivity index (χ3n) is 4.86. The lowest BCUT2D eigenvalue weighted by Gasteiger charge is -2.29. The molecule has 1 amide bonds. The number of rotatable bonds is 8. The highest BCUT2D eigenvalue weighted by Gasteiger charge is 2.27. The van der Waals surface area contributed by atoms with Gasteiger partial charge in [-0.25, -0.2) is 0 Å². The maximum absolute atomic E-state index is 13.1. The number of benzene rings is 2. The van der Waals surface area contributed by atoms with Gasteiger partial charge in [0, 0.05) is 19.0 Å². The summed E-state index contributed by atoms with van der Waals surface area (Å²) in [5, 5.41) is 0. The van der Waals surface area contributed by atoms with Crippen LogP contribution < -0.4 is 4.74 Å². The van der Waals surface area contributed by atoms with Gasteiger partial charge >= 0.3 is 0 Å². The predicted molar refractivity (Wildman–Crippen MR) is 103 cm³/mol. The summed E-state index contributed by atoms with van der Waals surface area (Å²) in [4.78, 5) is 15.0. The van der Waals surface area contributed by atoms with Gasteiger partial charge in [0.1, 0.15) is 5.75 Å². The van der Waals surface area contributed by atoms with E-state index in [0.717, 1.165) is 12.2 Å². The fourth-order valence-corrected chi connectivity index (χ4v) is 3.36. The number of carbonyl (C=O) groups is 1. The highest BCUT2D eigenvalue weighted by atomic mass is 16.5. The van der Waals surface area contributed by atoms with Crippen LogP contribution in [0.25, 0.3) is 0 Å². The minimum absolute atomic E-state index is 0.0687. The Kier molecular flexibility index (Phi) is 7.05. The Morgan fingerprint density at radius 3 is 2.40 bits per heavy atom. The number of ether oxygens (including phenoxy) is 1. The van der Waals surface area contributed by atoms with Crippen molar-refractivity contribution < 1.29 is 9.53 Å². The molecule has 0 aliphatic heterocycles. The number of amides is 1. The van der Waals surface area contributed by atoms with Crippen molar-refractivity contribution in [2.24, 2.45) is 5.92 Å². The van der Waals surface area contributed by atoms with E-state index in [4.69, 9.17) is 4.74 Å². The molecule has 0 radical (unpaired) electrons. The second-order valence-corrected chi connectivity index (χ2v) is 6.42. The number of hydrogen-bond acceptors (Lipinski definition) is 2. The van der Waals surface area contributed by atoms with E-state index in [0.29, 0.717) is 13.1 Å². The molecule has 0 unspecified atom stereocenters. The zero-order valence-corrected chi connectivity index (χ0v) is 15.7. The van der Waals surface area contributed by atoms with Crippen molar-refractivity contribution in [2.75, 3.05) is 13.7 Å². The number of methoxy groups -OCH3 is 1. The van der Waals surface area contributed by atoms with Crippen molar-refractivity contribution in [3.63, 3.8) is 0 Å². The van der Waals surface area contributed by atoms with Gasteiger partial charge < -0.3 is 9.64 Å². The number of nitrogens with zero attached hydrogens (tertiary/aromatic N) is 1. The van der Waals surface area contributed by atoms with Crippen LogP contribution >= 0.6 is 0 Å². The largest absolute Gasteiger partial charge is 0.497 e. The lowest BCUT2D eigenvalue weighted by atomic mass is 9.84. The Balaban J connectivity index is 2.16. The summed E-state index contributed by atoms with van der Waals surface area (Å²) in [6, 6.07) is 18.2. The highest BCUT2D eigenvalue weighted by Crippen LogP contribution is 2.31. The van der Waals surface area contributed by atoms with Crippen LogP contribution in [-0.4, -0.2) is 24.5 Å². The minimum atomic E-state index is -0.0687. The van der Waals surface area contributed by atoms with Crippen LogP contribution in [-0.2, 0) is 11.3 Å². The molecular formula is C22H29NO2. The first kappa shape index (κ1) is 19.0. The van der Waals surface area contributed by atoms with Gasteiger partial charge in [-0.2, -0.15) is 0 Å². The van der Waals surface area contributed by atoms with Gasteiger partial charge in [0.25, 0.3) is 0 Å². The summed E-state index contributed by atoms with van der Waals surface area (Å²) in [5.74, 6) is 1.17. The first-order chi connectivity index (χ1) is 12.1. The average Bonchev–Trinajstić information content (AvgIpc) is 2.67. The molecule has 2 aromatic carbocycles. The van der Waals surface area contributed by atoms with Crippen LogP contribution in [0, 0.1) is 5.92 Å². The van der Waals surface area contributed by atoms with Gasteiger partial charge in [0.2, 0.25) is 5.91 Å². The standard InChI is InChI=1S/C22H29NO2/c1-5-21(19-13-10-14-20(15-19)25-4)17(3)22(24)23(6-2)16-18-11-8-7-9-12-18/h7-15,17,21H,5-6,16H2,1-4H3/t17-,21-/m1/s1. The quantitative estimate of drug-likeness (QED) is 0.686. The monoisotopic (exact) mass is 339 g/mol. The molecule has 0 aliphatic carbocycles. The molecular weight excluding hydrogens is 310 g/mol. The fourth-order valence-electron chi connectivity index (χ4n) is 3.36. The van der Waals surface area contributed by atoms with E-state index >= 15 is 0 Å². The highest BCUT2D eigenvalue weighted by molar-refractivity contribution is 5.79. The van der Waals surface area contributed by atoms with Crippen molar-refractivity contribution in [3.8, 4) is 5.75 Å². The molecule has 0 heterocycles. The maximum atomic E-state index is 13.1. The topological polar surface area (TPSA) is 29.5 Å². The number of carbonyl (C=O) groups excluding carboxylic acids is 1. The molecule has 0 fully saturated rings. The maximum Gasteiger partial charge on any atom is 0.226 e. The van der Waals surface area contributed by atoms with E-state index in [1.54, 1.807) is 7.11 Å². The molecule has 0 aromatic heterocycles. The third kappa shape index (κ3) is 4.85. The molecule has 0 N–H and O–H groups in total. The van der Waals surface area contributed by atoms with Crippen LogP contribution in [0.15, 0.2) is 54.6 Å². The zero-order chi connectivity index (χ0) is 18.2. The Morgan fingerprint density at radius 2 is 1.80 bits per heavy atom. The van der Waals surface area contributed by atoms with Gasteiger partial charge in [0.05, 0.1) is 7.11 Å². The second kappa shape index (κ2) is 9.26. The molecule has 0 saturated carbocycles. The Labute approximate surface area is 151 Å². The Bertz CT molecular complexity index is 669. The van der Waals surface area contributed by atoms with Crippen LogP contribution in [0.5, 0.6) is 5.75 Å². The SMILES string of the molecule is CC[C@@H](c1cccc(OC)c1)[C@@H](C)C(=O)N(CC)Cc1ccccc1. The lowest BCUT2D eigenvalue weighted by molar-refractivity contribution is -0.136. The average molecular weight is 339 g/mol. The molecule has 25 heavy (non-hydrogen) atoms. The van der Waals surface area contributed by atoms with Gasteiger partial charge in [-0.1, -0.05) is 56.3 Å². The molecule has 2 atom stereocenters. The van der Waals surface area contributed by atoms with Gasteiger partial charge in [-0.15, -0.1) is 0 Å². The molecule has 3 nitrogen and oxygen atoms in total. The van der Waals surface area contributed by atoms with Crippen LogP contribution in [0.2, 0.25) is 0 Å². The van der Waals surface area contributed by atoms with E-state index in [1.165, 1.54) is 11.1 Å². The predicted octanol–water partition coefficient (Wildman–Crippen LogP) is 4.87. The fraction of sp³-hybridized carbons (Fsp3) is 0.409. The summed E-state index contributed by atoms with van der Waals surface area (Å²) < 4.78 is 5.34. The molecule has 0 aliphatic rings. The second-order valence-electron chi connectivity index (χ2n) is 6.42. The van der Waals surface area contributed by atoms with Gasteiger partial charge in [-0.05, 0) is 42.5 Å². The summed E-state index contributed by atoms with van der Waals surface area (Å²) >= 11 is 0. The van der Waals surface area contributed by atoms with Crippen molar-refractivity contribution in [3.05, 3.63) is 65.7 Å². The summed E-state index contributed by atoms with van der Waals surface area (Å²) in [6.45, 7) is 7.60. The molecule has 134 valence electrons. The van der Waals surface area contributed by atoms with E-state index < -0.39 is 0 Å². The minimum Gasteiger partial charge on any atom is -0.497 e. The molecule has 0 saturated heterocycles. The van der Waals surface area contributed by atoms with E-state index in [-0.39, 0.29) is 17.7 Å². The van der Waals surface area contributed by atoms with Crippen LogP contribution in [0.3, 0.4) is 0 Å². The van der Waals surface area contributed by atoms with Crippen LogP contribution in [0.1, 0.15) is 44.2 Å². The zero-order valence-electron chi connectivity index (χ0n) is 15.7. The molecule has 3 heteroatoms. The first-order valence-electron chi connectivity index (χ1n) is 9.07. The van der Waals surface area contributed by atoms with Crippen molar-refractivity contribution in [1.82, 2.24) is 4.90 Å². The van der Waals surface area contributed by atoms with Gasteiger partial charge in [0.15, 0.2) is 0 Å². The molecule has 0 bridgehead atoms. The molecule has 2 rings (SSSR count). The van der Waals surface area contributed by atoms with E-state index in [9.17, 15) is 4.79 Å². The first-order valence-corrected chi connectivity index (χ1v) is 9.07. The Hall–Kier alpha value is -2.29. The lowest BCUT2D eigenvalue weighted by Crippen LogP contribution is -2.36. The van der Waals surface area contributed by atoms with Crippen molar-refractivity contribution in [1.29, 1.82) is 0 Å². The van der Waals surface area contributed by atoms with E-state index in [1.807, 2.05) is 55.1 Å². The smallest absolute Gasteiger partial charge is 0.226 e. The van der Waals surface area contributed by atoms with E-state index in [2.05, 4.69) is 25.1 Å². The normalized spacial score (nSPS) is 13.1. The van der Waals surface area contributed by atoms with Crippen molar-refractivity contribution >= 4 is 5.91 Å². The summed E-state index contributed by atoms with van der Waals surface area (Å²) in [5.41, 5.74) is 2.33.